The van der Waals surface area contributed by atoms with E-state index in [2.05, 4.69) is 77.9 Å². The topological polar surface area (TPSA) is 24.7 Å². The van der Waals surface area contributed by atoms with Crippen LogP contribution in [0.25, 0.3) is 0 Å². The maximum absolute atomic E-state index is 5.45. The molecule has 0 saturated carbocycles. The summed E-state index contributed by atoms with van der Waals surface area (Å²) in [6.45, 7) is 13.8. The third-order valence-electron chi connectivity index (χ3n) is 10.4. The van der Waals surface area contributed by atoms with Crippen LogP contribution in [0.5, 0.6) is 0 Å². The summed E-state index contributed by atoms with van der Waals surface area (Å²) in [6, 6.07) is 14.0. The zero-order valence-corrected chi connectivity index (χ0v) is 35.5. The molecule has 0 aliphatic rings. The van der Waals surface area contributed by atoms with Gasteiger partial charge in [0.1, 0.15) is 0 Å². The first-order valence-corrected chi connectivity index (χ1v) is 22.0. The van der Waals surface area contributed by atoms with Crippen molar-refractivity contribution in [2.45, 2.75) is 221 Å². The molecule has 0 aliphatic heterocycles. The molecule has 2 aromatic carbocycles. The Bertz CT molecular complexity index is 1200. The predicted octanol–water partition coefficient (Wildman–Crippen LogP) is 16.2. The Morgan fingerprint density at radius 1 is 0.353 bits per heavy atom. The van der Waals surface area contributed by atoms with Crippen molar-refractivity contribution in [2.75, 3.05) is 0 Å². The molecule has 0 bridgehead atoms. The molecule has 0 spiro atoms. The van der Waals surface area contributed by atoms with Gasteiger partial charge in [0.25, 0.3) is 0 Å². The Labute approximate surface area is 327 Å². The molecule has 0 N–H and O–H groups in total. The van der Waals surface area contributed by atoms with Crippen LogP contribution in [0.3, 0.4) is 0 Å². The van der Waals surface area contributed by atoms with Gasteiger partial charge in [0.2, 0.25) is 0 Å². The van der Waals surface area contributed by atoms with Gasteiger partial charge < -0.3 is 0 Å². The molecule has 0 fully saturated rings. The molecule has 0 radical (unpaired) electrons. The monoisotopic (exact) mass is 743 g/mol. The quantitative estimate of drug-likeness (QED) is 0.0417. The van der Waals surface area contributed by atoms with E-state index in [0.717, 1.165) is 56.3 Å². The second-order valence-corrected chi connectivity index (χ2v) is 15.2. The van der Waals surface area contributed by atoms with Gasteiger partial charge in [-0.25, -0.2) is 0 Å². The minimum Gasteiger partial charge on any atom is -0.252 e. The third-order valence-corrected chi connectivity index (χ3v) is 10.4. The zero-order valence-electron chi connectivity index (χ0n) is 34.5. The fraction of sp³-hybridized carbons (Fsp3) is 0.708. The molecule has 2 aromatic rings. The molecule has 0 amide bonds. The van der Waals surface area contributed by atoms with E-state index in [1.165, 1.54) is 169 Å². The fourth-order valence-electron chi connectivity index (χ4n) is 7.42. The number of aryl methyl sites for hydroxylation is 4. The molecule has 292 valence electrons. The van der Waals surface area contributed by atoms with Gasteiger partial charge >= 0.3 is 0 Å². The number of hydrogen-bond donors (Lipinski definition) is 0. The largest absolute Gasteiger partial charge is 0.252 e. The van der Waals surface area contributed by atoms with E-state index >= 15 is 0 Å². The van der Waals surface area contributed by atoms with E-state index in [1.807, 2.05) is 0 Å². The van der Waals surface area contributed by atoms with E-state index < -0.39 is 0 Å². The van der Waals surface area contributed by atoms with E-state index in [9.17, 15) is 0 Å². The van der Waals surface area contributed by atoms with Crippen LogP contribution in [-0.2, 0) is 42.2 Å². The smallest absolute Gasteiger partial charge is 0.0636 e. The van der Waals surface area contributed by atoms with Crippen LogP contribution in [0.2, 0.25) is 0 Å². The van der Waals surface area contributed by atoms with Gasteiger partial charge in [-0.2, -0.15) is 0 Å². The third kappa shape index (κ3) is 20.9. The number of aliphatic imine (C=N–C) groups is 2. The number of unbranched alkanes of at least 4 members (excludes halogenated alkanes) is 16. The van der Waals surface area contributed by atoms with Crippen LogP contribution in [0.1, 0.15) is 218 Å². The maximum atomic E-state index is 5.45. The van der Waals surface area contributed by atoms with Crippen molar-refractivity contribution in [1.29, 1.82) is 0 Å². The zero-order chi connectivity index (χ0) is 36.1. The average Bonchev–Trinajstić information content (AvgIpc) is 3.12. The summed E-state index contributed by atoms with van der Waals surface area (Å²) in [6.07, 6.45) is 36.0. The Hall–Kier alpha value is -1.73. The summed E-state index contributed by atoms with van der Waals surface area (Å²) in [4.78, 5) is 10.9. The molecule has 0 aromatic heterocycles. The molecule has 3 heteroatoms. The molecule has 0 heterocycles. The second kappa shape index (κ2) is 31.8. The first-order valence-electron chi connectivity index (χ1n) is 22.0. The summed E-state index contributed by atoms with van der Waals surface area (Å²) in [7, 11) is 0. The van der Waals surface area contributed by atoms with Crippen LogP contribution in [-0.4, -0.2) is 11.4 Å². The summed E-state index contributed by atoms with van der Waals surface area (Å²) in [5.41, 5.74) is 10.7. The maximum Gasteiger partial charge on any atom is 0.0636 e. The van der Waals surface area contributed by atoms with Crippen LogP contribution < -0.4 is 0 Å². The van der Waals surface area contributed by atoms with E-state index in [1.54, 1.807) is 0 Å². The van der Waals surface area contributed by atoms with Crippen LogP contribution in [0, 0.1) is 0 Å². The van der Waals surface area contributed by atoms with Gasteiger partial charge in [-0.3, -0.25) is 9.98 Å². The van der Waals surface area contributed by atoms with Crippen molar-refractivity contribution >= 4 is 22.8 Å². The van der Waals surface area contributed by atoms with Crippen LogP contribution in [0.15, 0.2) is 46.4 Å². The predicted molar refractivity (Wildman–Crippen MR) is 227 cm³/mol. The van der Waals surface area contributed by atoms with Gasteiger partial charge in [-0.1, -0.05) is 182 Å². The number of hydrogen-bond acceptors (Lipinski definition) is 2. The summed E-state index contributed by atoms with van der Waals surface area (Å²) in [5, 5.41) is 0. The molecule has 0 unspecified atom stereocenters. The van der Waals surface area contributed by atoms with Gasteiger partial charge in [0, 0.05) is 16.5 Å². The van der Waals surface area contributed by atoms with E-state index in [-0.39, 0.29) is 16.5 Å². The Kier molecular flexibility index (Phi) is 29.5. The average molecular weight is 744 g/mol. The first kappa shape index (κ1) is 47.3. The van der Waals surface area contributed by atoms with Crippen molar-refractivity contribution in [1.82, 2.24) is 0 Å². The Balaban J connectivity index is 0.0000130. The Morgan fingerprint density at radius 2 is 0.667 bits per heavy atom. The SMILES string of the molecule is CCCCCCCCCCCCCCCCCCC(=N\c1ccc(CCC)c(CCC)c1)/C(CCCC)=N/c1ccc(CCC)c(CCC)c1.[Ni]. The summed E-state index contributed by atoms with van der Waals surface area (Å²) >= 11 is 0. The van der Waals surface area contributed by atoms with Crippen molar-refractivity contribution in [2.24, 2.45) is 9.98 Å². The standard InChI is InChI=1S/C48H80N2.Ni/c1-7-13-15-16-17-18-19-20-21-22-23-24-25-26-27-28-34-48(50-46-38-36-42(30-10-4)44(40-46)32-12-6)47(33-14-8-2)49-45-37-35-41(29-9-3)43(39-45)31-11-5;/h35-40H,7-34H2,1-6H3;/b49-47+,50-48+;. The van der Waals surface area contributed by atoms with Crippen LogP contribution in [0.4, 0.5) is 11.4 Å². The molecular formula is C48H80N2Ni. The Morgan fingerprint density at radius 3 is 1.02 bits per heavy atom. The first-order chi connectivity index (χ1) is 24.6. The van der Waals surface area contributed by atoms with Crippen molar-refractivity contribution in [3.63, 3.8) is 0 Å². The van der Waals surface area contributed by atoms with Gasteiger partial charge in [0.05, 0.1) is 22.8 Å². The number of nitrogens with zero attached hydrogens (tertiary/aromatic N) is 2. The van der Waals surface area contributed by atoms with Crippen molar-refractivity contribution in [3.8, 4) is 0 Å². The normalized spacial score (nSPS) is 12.0. The molecule has 2 nitrogen and oxygen atoms in total. The van der Waals surface area contributed by atoms with Gasteiger partial charge in [-0.05, 0) is 97.9 Å². The van der Waals surface area contributed by atoms with Crippen molar-refractivity contribution < 1.29 is 16.5 Å². The van der Waals surface area contributed by atoms with Gasteiger partial charge in [-0.15, -0.1) is 0 Å². The van der Waals surface area contributed by atoms with E-state index in [0.29, 0.717) is 0 Å². The molecule has 0 aliphatic carbocycles. The number of benzene rings is 2. The number of rotatable bonds is 31. The summed E-state index contributed by atoms with van der Waals surface area (Å²) < 4.78 is 0. The summed E-state index contributed by atoms with van der Waals surface area (Å²) in [5.74, 6) is 0. The second-order valence-electron chi connectivity index (χ2n) is 15.2. The molecule has 51 heavy (non-hydrogen) atoms. The fourth-order valence-corrected chi connectivity index (χ4v) is 7.42. The van der Waals surface area contributed by atoms with Crippen molar-refractivity contribution in [3.05, 3.63) is 58.7 Å². The molecule has 0 saturated heterocycles. The molecule has 2 rings (SSSR count). The molecular weight excluding hydrogens is 663 g/mol. The van der Waals surface area contributed by atoms with Crippen LogP contribution >= 0.6 is 0 Å². The van der Waals surface area contributed by atoms with Gasteiger partial charge in [0.15, 0.2) is 0 Å². The minimum atomic E-state index is 0. The van der Waals surface area contributed by atoms with E-state index in [4.69, 9.17) is 9.98 Å². The molecule has 0 atom stereocenters. The minimum absolute atomic E-state index is 0.